The van der Waals surface area contributed by atoms with Gasteiger partial charge in [0.15, 0.2) is 9.96 Å². The van der Waals surface area contributed by atoms with Crippen molar-refractivity contribution < 1.29 is 14.5 Å². The van der Waals surface area contributed by atoms with Crippen LogP contribution < -0.4 is 14.9 Å². The van der Waals surface area contributed by atoms with E-state index in [0.29, 0.717) is 30.6 Å². The molecule has 13 heteroatoms. The minimum atomic E-state index is -0.761. The van der Waals surface area contributed by atoms with Crippen LogP contribution in [0.5, 0.6) is 0 Å². The summed E-state index contributed by atoms with van der Waals surface area (Å²) >= 11 is 3.69. The maximum atomic E-state index is 14.0. The lowest BCUT2D eigenvalue weighted by atomic mass is 9.97. The van der Waals surface area contributed by atoms with E-state index in [2.05, 4.69) is 9.97 Å². The molecule has 0 saturated carbocycles. The number of aromatic nitrogens is 3. The summed E-state index contributed by atoms with van der Waals surface area (Å²) < 4.78 is 7.31. The van der Waals surface area contributed by atoms with Gasteiger partial charge < -0.3 is 4.74 Å². The fourth-order valence-corrected chi connectivity index (χ4v) is 7.77. The first kappa shape index (κ1) is 30.3. The van der Waals surface area contributed by atoms with Crippen LogP contribution in [-0.4, -0.2) is 32.0 Å². The lowest BCUT2D eigenvalue weighted by Crippen LogP contribution is -2.39. The van der Waals surface area contributed by atoms with Gasteiger partial charge in [-0.1, -0.05) is 53.8 Å². The summed E-state index contributed by atoms with van der Waals surface area (Å²) in [4.78, 5) is 54.3. The van der Waals surface area contributed by atoms with Crippen molar-refractivity contribution in [2.24, 2.45) is 4.99 Å². The van der Waals surface area contributed by atoms with Crippen LogP contribution in [0.15, 0.2) is 97.5 Å². The summed E-state index contributed by atoms with van der Waals surface area (Å²) in [5.41, 5.74) is 2.94. The predicted molar refractivity (Wildman–Crippen MR) is 174 cm³/mol. The number of aryl methyl sites for hydroxylation is 2. The van der Waals surface area contributed by atoms with Crippen LogP contribution in [0.1, 0.15) is 40.4 Å². The summed E-state index contributed by atoms with van der Waals surface area (Å²) in [5.74, 6) is -0.552. The molecule has 0 unspecified atom stereocenters. The molecule has 4 heterocycles. The third-order valence-electron chi connectivity index (χ3n) is 6.83. The normalized spacial score (nSPS) is 14.6. The molecular formula is C32H25N5O5S3. The number of benzene rings is 2. The number of fused-ring (bicyclic) bond motifs is 1. The Kier molecular flexibility index (Phi) is 8.57. The molecule has 0 aliphatic carbocycles. The number of hydrogen-bond acceptors (Lipinski definition) is 11. The second-order valence-electron chi connectivity index (χ2n) is 9.97. The SMILES string of the molecule is CCOC(=O)C1=C(c2ccccc2)N=c2s/c(=C/c3ccc(Sc4nc(C)cc(C)n4)c([N+](=O)[O-])c3)c(=O)n2[C@H]1c1cccs1. The van der Waals surface area contributed by atoms with Gasteiger partial charge in [-0.2, -0.15) is 0 Å². The van der Waals surface area contributed by atoms with Gasteiger partial charge in [-0.3, -0.25) is 19.5 Å². The summed E-state index contributed by atoms with van der Waals surface area (Å²) in [6.45, 7) is 5.57. The number of nitrogens with zero attached hydrogens (tertiary/aromatic N) is 5. The molecule has 45 heavy (non-hydrogen) atoms. The minimum Gasteiger partial charge on any atom is -0.463 e. The quantitative estimate of drug-likeness (QED) is 0.0933. The van der Waals surface area contributed by atoms with Gasteiger partial charge >= 0.3 is 5.97 Å². The highest BCUT2D eigenvalue weighted by Gasteiger charge is 2.35. The highest BCUT2D eigenvalue weighted by atomic mass is 32.2. The topological polar surface area (TPSA) is 130 Å². The molecule has 0 saturated heterocycles. The lowest BCUT2D eigenvalue weighted by molar-refractivity contribution is -0.387. The molecule has 5 aromatic rings. The molecule has 1 aliphatic heterocycles. The smallest absolute Gasteiger partial charge is 0.338 e. The van der Waals surface area contributed by atoms with E-state index in [0.717, 1.165) is 44.9 Å². The number of nitro groups is 1. The molecule has 226 valence electrons. The third-order valence-corrected chi connectivity index (χ3v) is 9.66. The van der Waals surface area contributed by atoms with Crippen molar-refractivity contribution in [2.45, 2.75) is 36.9 Å². The third kappa shape index (κ3) is 6.14. The molecule has 0 amide bonds. The highest BCUT2D eigenvalue weighted by Crippen LogP contribution is 2.37. The van der Waals surface area contributed by atoms with E-state index in [1.54, 1.807) is 25.1 Å². The Hall–Kier alpha value is -4.72. The number of carbonyl (C=O) groups excluding carboxylic acids is 1. The van der Waals surface area contributed by atoms with E-state index in [9.17, 15) is 19.7 Å². The largest absolute Gasteiger partial charge is 0.463 e. The summed E-state index contributed by atoms with van der Waals surface area (Å²) in [5, 5.41) is 14.4. The van der Waals surface area contributed by atoms with Crippen molar-refractivity contribution in [3.8, 4) is 0 Å². The van der Waals surface area contributed by atoms with Gasteiger partial charge in [0.1, 0.15) is 6.04 Å². The number of carbonyl (C=O) groups is 1. The summed E-state index contributed by atoms with van der Waals surface area (Å²) in [7, 11) is 0. The zero-order valence-corrected chi connectivity index (χ0v) is 26.7. The molecule has 1 atom stereocenters. The fourth-order valence-electron chi connectivity index (χ4n) is 5.00. The molecule has 0 N–H and O–H groups in total. The second-order valence-corrected chi connectivity index (χ2v) is 13.0. The lowest BCUT2D eigenvalue weighted by Gasteiger charge is -2.24. The van der Waals surface area contributed by atoms with Crippen LogP contribution in [-0.2, 0) is 9.53 Å². The van der Waals surface area contributed by atoms with Crippen molar-refractivity contribution in [1.29, 1.82) is 0 Å². The Morgan fingerprint density at radius 1 is 1.09 bits per heavy atom. The molecule has 6 rings (SSSR count). The number of rotatable bonds is 8. The van der Waals surface area contributed by atoms with Crippen molar-refractivity contribution in [1.82, 2.24) is 14.5 Å². The zero-order valence-electron chi connectivity index (χ0n) is 24.3. The Morgan fingerprint density at radius 3 is 2.51 bits per heavy atom. The number of esters is 1. The predicted octanol–water partition coefficient (Wildman–Crippen LogP) is 5.46. The monoisotopic (exact) mass is 655 g/mol. The average Bonchev–Trinajstić information content (AvgIpc) is 3.65. The molecule has 10 nitrogen and oxygen atoms in total. The van der Waals surface area contributed by atoms with Crippen molar-refractivity contribution in [3.05, 3.63) is 135 Å². The standard InChI is InChI=1S/C32H25N5O5S3/c1-4-42-30(39)26-27(21-9-6-5-7-10-21)35-32-36(28(26)24-11-8-14-43-24)29(38)25(45-32)17-20-12-13-23(22(16-20)37(40)41)44-31-33-18(2)15-19(3)34-31/h5-17,28H,4H2,1-3H3/b25-17+/t28-/m0/s1. The van der Waals surface area contributed by atoms with Gasteiger partial charge in [-0.05, 0) is 67.8 Å². The van der Waals surface area contributed by atoms with Gasteiger partial charge in [0, 0.05) is 27.9 Å². The van der Waals surface area contributed by atoms with Gasteiger partial charge in [0.25, 0.3) is 11.2 Å². The van der Waals surface area contributed by atoms with E-state index in [-0.39, 0.29) is 23.4 Å². The van der Waals surface area contributed by atoms with Gasteiger partial charge in [-0.15, -0.1) is 11.3 Å². The van der Waals surface area contributed by atoms with Crippen LogP contribution in [0.25, 0.3) is 11.8 Å². The maximum absolute atomic E-state index is 14.0. The first-order valence-corrected chi connectivity index (χ1v) is 16.3. The number of nitro benzene ring substituents is 1. The van der Waals surface area contributed by atoms with Crippen molar-refractivity contribution in [3.63, 3.8) is 0 Å². The zero-order chi connectivity index (χ0) is 31.7. The van der Waals surface area contributed by atoms with Gasteiger partial charge in [0.2, 0.25) is 0 Å². The van der Waals surface area contributed by atoms with E-state index in [1.165, 1.54) is 22.0 Å². The van der Waals surface area contributed by atoms with Crippen LogP contribution in [0.3, 0.4) is 0 Å². The van der Waals surface area contributed by atoms with Crippen LogP contribution in [0.4, 0.5) is 5.69 Å². The summed E-state index contributed by atoms with van der Waals surface area (Å²) in [6.07, 6.45) is 1.61. The number of hydrogen-bond donors (Lipinski definition) is 0. The van der Waals surface area contributed by atoms with Crippen molar-refractivity contribution >= 4 is 57.9 Å². The average molecular weight is 656 g/mol. The Balaban J connectivity index is 1.50. The first-order chi connectivity index (χ1) is 21.7. The van der Waals surface area contributed by atoms with E-state index < -0.39 is 16.9 Å². The van der Waals surface area contributed by atoms with Crippen LogP contribution in [0.2, 0.25) is 0 Å². The highest BCUT2D eigenvalue weighted by molar-refractivity contribution is 7.99. The Labute approximate surface area is 269 Å². The number of thiophene rings is 1. The fraction of sp³-hybridized carbons (Fsp3) is 0.156. The van der Waals surface area contributed by atoms with E-state index in [1.807, 2.05) is 67.8 Å². The molecule has 1 aliphatic rings. The molecule has 3 aromatic heterocycles. The van der Waals surface area contributed by atoms with Crippen LogP contribution >= 0.6 is 34.4 Å². The van der Waals surface area contributed by atoms with Crippen molar-refractivity contribution in [2.75, 3.05) is 6.61 Å². The maximum Gasteiger partial charge on any atom is 0.338 e. The van der Waals surface area contributed by atoms with E-state index >= 15 is 0 Å². The van der Waals surface area contributed by atoms with Gasteiger partial charge in [-0.25, -0.2) is 19.8 Å². The minimum absolute atomic E-state index is 0.128. The van der Waals surface area contributed by atoms with Gasteiger partial charge in [0.05, 0.1) is 32.2 Å². The number of ether oxygens (including phenoxy) is 1. The summed E-state index contributed by atoms with van der Waals surface area (Å²) in [6, 6.07) is 18.9. The molecule has 0 radical (unpaired) electrons. The molecular weight excluding hydrogens is 631 g/mol. The Bertz CT molecular complexity index is 2130. The van der Waals surface area contributed by atoms with Crippen LogP contribution in [0, 0.1) is 24.0 Å². The molecule has 0 spiro atoms. The Morgan fingerprint density at radius 2 is 1.84 bits per heavy atom. The molecule has 0 fully saturated rings. The number of thiazole rings is 1. The second kappa shape index (κ2) is 12.7. The van der Waals surface area contributed by atoms with E-state index in [4.69, 9.17) is 9.73 Å². The first-order valence-electron chi connectivity index (χ1n) is 13.8. The molecule has 0 bridgehead atoms. The molecule has 2 aromatic carbocycles.